The number of benzene rings is 2. The number of piperidine rings is 1. The molecule has 0 spiro atoms. The first-order chi connectivity index (χ1) is 15.0. The molecule has 4 atom stereocenters. The first kappa shape index (κ1) is 21.3. The largest absolute Gasteiger partial charge is 0.375 e. The predicted molar refractivity (Wildman–Crippen MR) is 123 cm³/mol. The molecular formula is C25H28Cl2N2O2. The number of fused-ring (bicyclic) bond motifs is 1. The van der Waals surface area contributed by atoms with Crippen molar-refractivity contribution in [2.24, 2.45) is 17.8 Å². The summed E-state index contributed by atoms with van der Waals surface area (Å²) in [6, 6.07) is 15.4. The lowest BCUT2D eigenvalue weighted by atomic mass is 9.79. The van der Waals surface area contributed by atoms with Crippen molar-refractivity contribution >= 4 is 29.1 Å². The molecule has 1 amide bonds. The number of likely N-dealkylation sites (tertiary alicyclic amines) is 1. The van der Waals surface area contributed by atoms with Crippen molar-refractivity contribution in [2.45, 2.75) is 43.9 Å². The minimum absolute atomic E-state index is 0.0142. The molecule has 2 saturated carbocycles. The van der Waals surface area contributed by atoms with Gasteiger partial charge in [0.1, 0.15) is 0 Å². The third kappa shape index (κ3) is 4.00. The summed E-state index contributed by atoms with van der Waals surface area (Å²) in [5.41, 5.74) is 0.427. The van der Waals surface area contributed by atoms with Crippen LogP contribution in [0.4, 0.5) is 0 Å². The molecule has 4 nitrogen and oxygen atoms in total. The smallest absolute Gasteiger partial charge is 0.257 e. The molecular weight excluding hydrogens is 431 g/mol. The fourth-order valence-corrected chi connectivity index (χ4v) is 6.02. The summed E-state index contributed by atoms with van der Waals surface area (Å²) in [5, 5.41) is 16.0. The van der Waals surface area contributed by atoms with E-state index in [0.717, 1.165) is 50.9 Å². The van der Waals surface area contributed by atoms with Crippen LogP contribution in [0.5, 0.6) is 0 Å². The molecule has 1 saturated heterocycles. The topological polar surface area (TPSA) is 52.6 Å². The Labute approximate surface area is 193 Å². The van der Waals surface area contributed by atoms with Gasteiger partial charge in [-0.3, -0.25) is 9.69 Å². The van der Waals surface area contributed by atoms with Crippen LogP contribution >= 0.6 is 23.2 Å². The molecule has 1 heterocycles. The lowest BCUT2D eigenvalue weighted by molar-refractivity contribution is -0.147. The van der Waals surface area contributed by atoms with Gasteiger partial charge in [0.15, 0.2) is 5.60 Å². The van der Waals surface area contributed by atoms with Crippen molar-refractivity contribution in [1.29, 1.82) is 0 Å². The quantitative estimate of drug-likeness (QED) is 0.663. The van der Waals surface area contributed by atoms with Gasteiger partial charge in [0.2, 0.25) is 0 Å². The summed E-state index contributed by atoms with van der Waals surface area (Å²) in [6.07, 6.45) is 3.94. The summed E-state index contributed by atoms with van der Waals surface area (Å²) in [5.74, 6) is 0.673. The zero-order valence-corrected chi connectivity index (χ0v) is 18.9. The standard InChI is InChI=1S/C25H28Cl2N2O2/c26-21-11-10-16(12-22(21)27)13-29-14-19-20(15-29)23(19)28-24(30)25(31,18-8-4-5-9-18)17-6-2-1-3-7-17/h1-3,6-7,10-12,18-20,23,31H,4-5,8-9,13-15H2,(H,28,30)/t19-,20+,23?,25?. The van der Waals surface area contributed by atoms with Crippen LogP contribution in [0.25, 0.3) is 0 Å². The molecule has 2 aromatic carbocycles. The first-order valence-electron chi connectivity index (χ1n) is 11.2. The van der Waals surface area contributed by atoms with Gasteiger partial charge >= 0.3 is 0 Å². The Morgan fingerprint density at radius 2 is 1.71 bits per heavy atom. The van der Waals surface area contributed by atoms with Crippen molar-refractivity contribution in [3.05, 3.63) is 69.7 Å². The number of halogens is 2. The SMILES string of the molecule is O=C(NC1[C@H]2CN(Cc3ccc(Cl)c(Cl)c3)C[C@@H]12)C(O)(c1ccccc1)C1CCCC1. The van der Waals surface area contributed by atoms with Gasteiger partial charge in [0.05, 0.1) is 10.0 Å². The maximum Gasteiger partial charge on any atom is 0.257 e. The summed E-state index contributed by atoms with van der Waals surface area (Å²) in [7, 11) is 0. The van der Waals surface area contributed by atoms with Crippen molar-refractivity contribution in [1.82, 2.24) is 10.2 Å². The molecule has 2 aromatic rings. The Hall–Kier alpha value is -1.59. The van der Waals surface area contributed by atoms with E-state index in [4.69, 9.17) is 23.2 Å². The molecule has 31 heavy (non-hydrogen) atoms. The van der Waals surface area contributed by atoms with E-state index in [0.29, 0.717) is 27.4 Å². The van der Waals surface area contributed by atoms with Gasteiger partial charge in [-0.05, 0) is 47.9 Å². The molecule has 0 bridgehead atoms. The summed E-state index contributed by atoms with van der Waals surface area (Å²) in [4.78, 5) is 15.8. The van der Waals surface area contributed by atoms with Gasteiger partial charge in [-0.1, -0.05) is 72.4 Å². The number of rotatable bonds is 6. The number of carbonyl (C=O) groups excluding carboxylic acids is 1. The lowest BCUT2D eigenvalue weighted by Gasteiger charge is -2.33. The van der Waals surface area contributed by atoms with E-state index in [9.17, 15) is 9.90 Å². The third-order valence-electron chi connectivity index (χ3n) is 7.46. The Morgan fingerprint density at radius 3 is 2.35 bits per heavy atom. The second kappa shape index (κ2) is 8.40. The molecule has 0 aromatic heterocycles. The van der Waals surface area contributed by atoms with Crippen molar-refractivity contribution in [2.75, 3.05) is 13.1 Å². The number of hydrogen-bond donors (Lipinski definition) is 2. The van der Waals surface area contributed by atoms with Crippen molar-refractivity contribution < 1.29 is 9.90 Å². The van der Waals surface area contributed by atoms with Gasteiger partial charge in [-0.25, -0.2) is 0 Å². The van der Waals surface area contributed by atoms with Crippen molar-refractivity contribution in [3.63, 3.8) is 0 Å². The van der Waals surface area contributed by atoms with E-state index in [1.807, 2.05) is 48.5 Å². The molecule has 1 aliphatic heterocycles. The number of carbonyl (C=O) groups is 1. The van der Waals surface area contributed by atoms with Crippen molar-refractivity contribution in [3.8, 4) is 0 Å². The monoisotopic (exact) mass is 458 g/mol. The summed E-state index contributed by atoms with van der Waals surface area (Å²) in [6.45, 7) is 2.73. The number of nitrogens with zero attached hydrogens (tertiary/aromatic N) is 1. The fraction of sp³-hybridized carbons (Fsp3) is 0.480. The zero-order chi connectivity index (χ0) is 21.6. The average Bonchev–Trinajstić information content (AvgIpc) is 3.18. The first-order valence-corrected chi connectivity index (χ1v) is 12.0. The molecule has 3 fully saturated rings. The Morgan fingerprint density at radius 1 is 1.03 bits per heavy atom. The summed E-state index contributed by atoms with van der Waals surface area (Å²) >= 11 is 12.2. The maximum atomic E-state index is 13.4. The Balaban J connectivity index is 1.22. The third-order valence-corrected chi connectivity index (χ3v) is 8.20. The minimum atomic E-state index is -1.44. The predicted octanol–water partition coefficient (Wildman–Crippen LogP) is 4.62. The number of amides is 1. The zero-order valence-electron chi connectivity index (χ0n) is 17.4. The highest BCUT2D eigenvalue weighted by atomic mass is 35.5. The van der Waals surface area contributed by atoms with Crippen LogP contribution in [-0.2, 0) is 16.9 Å². The van der Waals surface area contributed by atoms with Crippen LogP contribution < -0.4 is 5.32 Å². The normalized spacial score (nSPS) is 27.6. The van der Waals surface area contributed by atoms with E-state index in [1.54, 1.807) is 0 Å². The number of hydrogen-bond acceptors (Lipinski definition) is 3. The van der Waals surface area contributed by atoms with E-state index in [2.05, 4.69) is 10.2 Å². The molecule has 2 N–H and O–H groups in total. The maximum absolute atomic E-state index is 13.4. The Kier molecular flexibility index (Phi) is 5.76. The van der Waals surface area contributed by atoms with Crippen LogP contribution in [0, 0.1) is 17.8 Å². The van der Waals surface area contributed by atoms with Gasteiger partial charge < -0.3 is 10.4 Å². The van der Waals surface area contributed by atoms with Gasteiger partial charge in [-0.2, -0.15) is 0 Å². The average molecular weight is 459 g/mol. The fourth-order valence-electron chi connectivity index (χ4n) is 5.70. The van der Waals surface area contributed by atoms with Crippen LogP contribution in [0.2, 0.25) is 10.0 Å². The highest BCUT2D eigenvalue weighted by Crippen LogP contribution is 2.47. The van der Waals surface area contributed by atoms with Gasteiger partial charge in [0.25, 0.3) is 5.91 Å². The molecule has 6 heteroatoms. The molecule has 2 unspecified atom stereocenters. The van der Waals surface area contributed by atoms with Gasteiger partial charge in [0, 0.05) is 31.6 Å². The minimum Gasteiger partial charge on any atom is -0.375 e. The highest BCUT2D eigenvalue weighted by molar-refractivity contribution is 6.42. The lowest BCUT2D eigenvalue weighted by Crippen LogP contribution is -2.50. The number of nitrogens with one attached hydrogen (secondary N) is 1. The van der Waals surface area contributed by atoms with Crippen LogP contribution in [-0.4, -0.2) is 35.0 Å². The molecule has 3 aliphatic rings. The molecule has 2 aliphatic carbocycles. The Bertz CT molecular complexity index is 951. The van der Waals surface area contributed by atoms with E-state index in [1.165, 1.54) is 0 Å². The number of aliphatic hydroxyl groups is 1. The second-order valence-electron chi connectivity index (χ2n) is 9.38. The van der Waals surface area contributed by atoms with Crippen LogP contribution in [0.1, 0.15) is 36.8 Å². The molecule has 5 rings (SSSR count). The van der Waals surface area contributed by atoms with E-state index >= 15 is 0 Å². The highest BCUT2D eigenvalue weighted by Gasteiger charge is 2.58. The van der Waals surface area contributed by atoms with E-state index < -0.39 is 5.60 Å². The van der Waals surface area contributed by atoms with Crippen LogP contribution in [0.15, 0.2) is 48.5 Å². The van der Waals surface area contributed by atoms with Crippen LogP contribution in [0.3, 0.4) is 0 Å². The van der Waals surface area contributed by atoms with Gasteiger partial charge in [-0.15, -0.1) is 0 Å². The molecule has 164 valence electrons. The van der Waals surface area contributed by atoms with E-state index in [-0.39, 0.29) is 17.9 Å². The second-order valence-corrected chi connectivity index (χ2v) is 10.2. The summed E-state index contributed by atoms with van der Waals surface area (Å²) < 4.78 is 0. The molecule has 0 radical (unpaired) electrons.